The topological polar surface area (TPSA) is 41.1 Å². The molecule has 108 valence electrons. The normalized spacial score (nSPS) is 16.2. The first-order valence-corrected chi connectivity index (χ1v) is 7.13. The van der Waals surface area contributed by atoms with Crippen molar-refractivity contribution in [3.8, 4) is 0 Å². The zero-order valence-corrected chi connectivity index (χ0v) is 12.1. The summed E-state index contributed by atoms with van der Waals surface area (Å²) < 4.78 is 13.0. The Hall–Kier alpha value is -1.55. The van der Waals surface area contributed by atoms with Gasteiger partial charge < -0.3 is 10.6 Å². The van der Waals surface area contributed by atoms with Crippen LogP contribution in [0.3, 0.4) is 0 Å². The van der Waals surface area contributed by atoms with E-state index in [1.807, 2.05) is 6.92 Å². The average Bonchev–Trinajstić information content (AvgIpc) is 2.94. The molecule has 0 aliphatic heterocycles. The van der Waals surface area contributed by atoms with E-state index in [1.54, 1.807) is 6.20 Å². The number of urea groups is 1. The van der Waals surface area contributed by atoms with Gasteiger partial charge in [0.05, 0.1) is 5.02 Å². The fourth-order valence-corrected chi connectivity index (χ4v) is 2.60. The highest BCUT2D eigenvalue weighted by molar-refractivity contribution is 6.31. The Morgan fingerprint density at radius 3 is 2.75 bits per heavy atom. The first-order chi connectivity index (χ1) is 9.56. The smallest absolute Gasteiger partial charge is 0.314 e. The van der Waals surface area contributed by atoms with E-state index in [9.17, 15) is 9.18 Å². The van der Waals surface area contributed by atoms with Crippen LogP contribution >= 0.6 is 11.6 Å². The zero-order chi connectivity index (χ0) is 14.5. The molecule has 3 nitrogen and oxygen atoms in total. The Morgan fingerprint density at radius 2 is 2.10 bits per heavy atom. The van der Waals surface area contributed by atoms with Gasteiger partial charge in [-0.25, -0.2) is 9.18 Å². The Kier molecular flexibility index (Phi) is 5.01. The average molecular weight is 297 g/mol. The van der Waals surface area contributed by atoms with E-state index in [2.05, 4.69) is 10.6 Å². The second-order valence-electron chi connectivity index (χ2n) is 5.10. The van der Waals surface area contributed by atoms with Crippen LogP contribution in [0.1, 0.15) is 32.6 Å². The van der Waals surface area contributed by atoms with Crippen LogP contribution < -0.4 is 10.6 Å². The van der Waals surface area contributed by atoms with Gasteiger partial charge in [-0.1, -0.05) is 30.0 Å². The van der Waals surface area contributed by atoms with Crippen molar-refractivity contribution in [2.45, 2.75) is 32.6 Å². The summed E-state index contributed by atoms with van der Waals surface area (Å²) in [5.74, 6) is 0.0742. The summed E-state index contributed by atoms with van der Waals surface area (Å²) in [7, 11) is 0. The van der Waals surface area contributed by atoms with Crippen molar-refractivity contribution in [3.05, 3.63) is 40.8 Å². The van der Waals surface area contributed by atoms with Crippen molar-refractivity contribution in [2.75, 3.05) is 5.32 Å². The van der Waals surface area contributed by atoms with Gasteiger partial charge in [0.1, 0.15) is 5.82 Å². The summed E-state index contributed by atoms with van der Waals surface area (Å²) >= 11 is 5.65. The van der Waals surface area contributed by atoms with Gasteiger partial charge >= 0.3 is 6.03 Å². The Bertz CT molecular complexity index is 525. The minimum atomic E-state index is -0.505. The van der Waals surface area contributed by atoms with Gasteiger partial charge in [0.15, 0.2) is 0 Å². The fourth-order valence-electron chi connectivity index (χ4n) is 2.42. The molecule has 0 bridgehead atoms. The quantitative estimate of drug-likeness (QED) is 0.834. The van der Waals surface area contributed by atoms with Gasteiger partial charge in [-0.05, 0) is 43.9 Å². The number of anilines is 1. The molecule has 1 aliphatic carbocycles. The number of carbonyl (C=O) groups is 1. The van der Waals surface area contributed by atoms with E-state index in [0.717, 1.165) is 0 Å². The maximum Gasteiger partial charge on any atom is 0.323 e. The molecule has 1 aromatic rings. The Balaban J connectivity index is 1.88. The second-order valence-corrected chi connectivity index (χ2v) is 5.50. The third-order valence-electron chi connectivity index (χ3n) is 3.61. The molecular formula is C15H18ClFN2O. The number of carbonyl (C=O) groups excluding carboxylic acids is 1. The molecule has 0 aromatic heterocycles. The summed E-state index contributed by atoms with van der Waals surface area (Å²) in [6.07, 6.45) is 6.65. The molecule has 2 amide bonds. The summed E-state index contributed by atoms with van der Waals surface area (Å²) in [5, 5.41) is 5.29. The van der Waals surface area contributed by atoms with E-state index >= 15 is 0 Å². The van der Waals surface area contributed by atoms with Crippen molar-refractivity contribution in [1.29, 1.82) is 0 Å². The molecule has 1 aliphatic rings. The number of nitrogens with one attached hydrogen (secondary N) is 2. The molecule has 0 radical (unpaired) electrons. The number of hydrogen-bond acceptors (Lipinski definition) is 1. The molecule has 1 aromatic carbocycles. The van der Waals surface area contributed by atoms with Gasteiger partial charge in [0.2, 0.25) is 0 Å². The van der Waals surface area contributed by atoms with Crippen LogP contribution in [0.4, 0.5) is 14.9 Å². The third-order valence-corrected chi connectivity index (χ3v) is 3.90. The third kappa shape index (κ3) is 3.97. The van der Waals surface area contributed by atoms with Crippen LogP contribution in [-0.4, -0.2) is 6.03 Å². The minimum absolute atomic E-state index is 0.0134. The zero-order valence-electron chi connectivity index (χ0n) is 11.4. The van der Waals surface area contributed by atoms with Crippen molar-refractivity contribution in [3.63, 3.8) is 0 Å². The molecule has 2 rings (SSSR count). The molecule has 1 saturated carbocycles. The summed E-state index contributed by atoms with van der Waals surface area (Å²) in [4.78, 5) is 11.7. The Labute approximate surface area is 123 Å². The Morgan fingerprint density at radius 1 is 1.40 bits per heavy atom. The van der Waals surface area contributed by atoms with E-state index in [1.165, 1.54) is 49.5 Å². The lowest BCUT2D eigenvalue weighted by Crippen LogP contribution is -2.24. The molecule has 0 saturated heterocycles. The second kappa shape index (κ2) is 6.75. The predicted molar refractivity (Wildman–Crippen MR) is 79.3 cm³/mol. The van der Waals surface area contributed by atoms with Gasteiger partial charge in [0.25, 0.3) is 0 Å². The van der Waals surface area contributed by atoms with E-state index < -0.39 is 5.82 Å². The van der Waals surface area contributed by atoms with Crippen LogP contribution in [-0.2, 0) is 0 Å². The van der Waals surface area contributed by atoms with Gasteiger partial charge in [-0.2, -0.15) is 0 Å². The largest absolute Gasteiger partial charge is 0.323 e. The van der Waals surface area contributed by atoms with Crippen LogP contribution in [0.25, 0.3) is 0 Å². The monoisotopic (exact) mass is 296 g/mol. The number of halogens is 2. The number of benzene rings is 1. The van der Waals surface area contributed by atoms with Crippen molar-refractivity contribution < 1.29 is 9.18 Å². The van der Waals surface area contributed by atoms with E-state index in [-0.39, 0.29) is 11.1 Å². The van der Waals surface area contributed by atoms with Crippen molar-refractivity contribution >= 4 is 23.3 Å². The maximum atomic E-state index is 13.0. The van der Waals surface area contributed by atoms with Crippen LogP contribution in [0.15, 0.2) is 30.0 Å². The molecule has 0 heterocycles. The lowest BCUT2D eigenvalue weighted by Gasteiger charge is -2.10. The van der Waals surface area contributed by atoms with E-state index in [4.69, 9.17) is 11.6 Å². The lowest BCUT2D eigenvalue weighted by molar-refractivity contribution is 0.255. The number of allylic oxidation sites excluding steroid dienone is 1. The molecule has 5 heteroatoms. The molecule has 0 spiro atoms. The van der Waals surface area contributed by atoms with E-state index in [0.29, 0.717) is 11.6 Å². The minimum Gasteiger partial charge on any atom is -0.314 e. The van der Waals surface area contributed by atoms with Crippen LogP contribution in [0, 0.1) is 11.7 Å². The summed E-state index contributed by atoms with van der Waals surface area (Å²) in [6.45, 7) is 2.03. The van der Waals surface area contributed by atoms with Crippen molar-refractivity contribution in [2.24, 2.45) is 5.92 Å². The standard InChI is InChI=1S/C15H18ClFN2O/c1-10(11-4-2-3-5-11)9-18-15(20)19-12-6-7-14(17)13(16)8-12/h6-9,11H,2-5H2,1H3,(H2,18,19,20)/b10-9+. The fraction of sp³-hybridized carbons (Fsp3) is 0.400. The number of rotatable bonds is 3. The molecule has 0 atom stereocenters. The van der Waals surface area contributed by atoms with Crippen LogP contribution in [0.5, 0.6) is 0 Å². The maximum absolute atomic E-state index is 13.0. The number of hydrogen-bond donors (Lipinski definition) is 2. The molecule has 0 unspecified atom stereocenters. The molecule has 2 N–H and O–H groups in total. The van der Waals surface area contributed by atoms with Gasteiger partial charge in [-0.3, -0.25) is 0 Å². The lowest BCUT2D eigenvalue weighted by atomic mass is 10.0. The SMILES string of the molecule is C/C(=C\NC(=O)Nc1ccc(F)c(Cl)c1)C1CCCC1. The molecule has 1 fully saturated rings. The first kappa shape index (κ1) is 14.9. The highest BCUT2D eigenvalue weighted by Gasteiger charge is 2.16. The first-order valence-electron chi connectivity index (χ1n) is 6.75. The van der Waals surface area contributed by atoms with Crippen molar-refractivity contribution in [1.82, 2.24) is 5.32 Å². The highest BCUT2D eigenvalue weighted by atomic mass is 35.5. The molecular weight excluding hydrogens is 279 g/mol. The number of amides is 2. The van der Waals surface area contributed by atoms with Crippen LogP contribution in [0.2, 0.25) is 5.02 Å². The van der Waals surface area contributed by atoms with Gasteiger partial charge in [0, 0.05) is 11.9 Å². The van der Waals surface area contributed by atoms with Gasteiger partial charge in [-0.15, -0.1) is 0 Å². The summed E-state index contributed by atoms with van der Waals surface area (Å²) in [5.41, 5.74) is 1.65. The molecule has 20 heavy (non-hydrogen) atoms. The summed E-state index contributed by atoms with van der Waals surface area (Å²) in [6, 6.07) is 3.71. The predicted octanol–water partition coefficient (Wildman–Crippen LogP) is 4.69. The highest BCUT2D eigenvalue weighted by Crippen LogP contribution is 2.30.